The third-order valence-electron chi connectivity index (χ3n) is 18.6. The van der Waals surface area contributed by atoms with Gasteiger partial charge in [0.1, 0.15) is 5.84 Å². The quantitative estimate of drug-likeness (QED) is 0.101. The van der Waals surface area contributed by atoms with Crippen LogP contribution in [0.5, 0.6) is 0 Å². The molecule has 0 aliphatic rings. The number of nitrogens with zero attached hydrogens (tertiary/aromatic N) is 9. The molecule has 95 heavy (non-hydrogen) atoms. The van der Waals surface area contributed by atoms with Crippen LogP contribution in [-0.2, 0) is 0 Å². The fraction of sp³-hybridized carbons (Fsp3) is 0.0116. The molecular formula is C86H57N9. The Kier molecular flexibility index (Phi) is 13.0. The zero-order chi connectivity index (χ0) is 63.1. The van der Waals surface area contributed by atoms with Crippen LogP contribution in [0, 0.1) is 0 Å². The van der Waals surface area contributed by atoms with Gasteiger partial charge in [0, 0.05) is 71.2 Å². The van der Waals surface area contributed by atoms with Crippen molar-refractivity contribution in [3.63, 3.8) is 0 Å². The van der Waals surface area contributed by atoms with Crippen LogP contribution in [-0.4, -0.2) is 44.9 Å². The van der Waals surface area contributed by atoms with E-state index in [0.717, 1.165) is 144 Å². The van der Waals surface area contributed by atoms with Crippen molar-refractivity contribution in [2.45, 2.75) is 6.92 Å². The second-order valence-corrected chi connectivity index (χ2v) is 24.1. The third-order valence-corrected chi connectivity index (χ3v) is 18.6. The first-order valence-electron chi connectivity index (χ1n) is 32.0. The van der Waals surface area contributed by atoms with E-state index >= 15 is 0 Å². The molecule has 9 heteroatoms. The lowest BCUT2D eigenvalue weighted by Crippen LogP contribution is -2.12. The summed E-state index contributed by atoms with van der Waals surface area (Å²) in [5.74, 6) is 3.11. The summed E-state index contributed by atoms with van der Waals surface area (Å²) < 4.78 is 9.46. The van der Waals surface area contributed by atoms with Crippen LogP contribution in [0.25, 0.3) is 155 Å². The molecule has 0 fully saturated rings. The van der Waals surface area contributed by atoms with Gasteiger partial charge in [0.2, 0.25) is 5.95 Å². The summed E-state index contributed by atoms with van der Waals surface area (Å²) >= 11 is 0. The van der Waals surface area contributed by atoms with Gasteiger partial charge < -0.3 is 9.13 Å². The van der Waals surface area contributed by atoms with Gasteiger partial charge in [-0.15, -0.1) is 0 Å². The molecule has 0 amide bonds. The monoisotopic (exact) mass is 1220 g/mol. The largest absolute Gasteiger partial charge is 0.307 e. The Bertz CT molecular complexity index is 6090. The Morgan fingerprint density at radius 1 is 0.305 bits per heavy atom. The second-order valence-electron chi connectivity index (χ2n) is 24.1. The molecule has 18 aromatic rings. The molecule has 446 valence electrons. The smallest absolute Gasteiger partial charge is 0.238 e. The normalized spacial score (nSPS) is 12.2. The van der Waals surface area contributed by atoms with Gasteiger partial charge in [0.05, 0.1) is 49.8 Å². The highest BCUT2D eigenvalue weighted by atomic mass is 15.2. The number of hydrogen-bond donors (Lipinski definition) is 0. The Balaban J connectivity index is 0.786. The first kappa shape index (κ1) is 55.0. The molecule has 0 saturated heterocycles. The van der Waals surface area contributed by atoms with E-state index in [4.69, 9.17) is 24.9 Å². The van der Waals surface area contributed by atoms with Gasteiger partial charge in [-0.2, -0.15) is 9.97 Å². The summed E-state index contributed by atoms with van der Waals surface area (Å²) in [6, 6.07) is 111. The average Bonchev–Trinajstić information content (AvgIpc) is 1.56. The fourth-order valence-electron chi connectivity index (χ4n) is 14.3. The van der Waals surface area contributed by atoms with Crippen LogP contribution in [0.4, 0.5) is 0 Å². The highest BCUT2D eigenvalue weighted by molar-refractivity contribution is 6.27. The number of benzene rings is 13. The van der Waals surface area contributed by atoms with E-state index in [0.29, 0.717) is 29.1 Å². The Morgan fingerprint density at radius 2 is 0.716 bits per heavy atom. The van der Waals surface area contributed by atoms with Crippen LogP contribution in [0.15, 0.2) is 332 Å². The number of hydrogen-bond acceptors (Lipinski definition) is 4. The van der Waals surface area contributed by atoms with Crippen LogP contribution < -0.4 is 0 Å². The minimum atomic E-state index is 0.544. The first-order valence-corrected chi connectivity index (χ1v) is 32.0. The van der Waals surface area contributed by atoms with Gasteiger partial charge >= 0.3 is 0 Å². The van der Waals surface area contributed by atoms with Crippen LogP contribution in [0.3, 0.4) is 0 Å². The fourth-order valence-corrected chi connectivity index (χ4v) is 14.3. The maximum atomic E-state index is 5.45. The van der Waals surface area contributed by atoms with E-state index in [1.54, 1.807) is 0 Å². The zero-order valence-electron chi connectivity index (χ0n) is 51.8. The summed E-state index contributed by atoms with van der Waals surface area (Å²) in [7, 11) is 0. The molecule has 0 aliphatic carbocycles. The zero-order valence-corrected chi connectivity index (χ0v) is 51.8. The number of para-hydroxylation sites is 4. The van der Waals surface area contributed by atoms with Gasteiger partial charge in [-0.1, -0.05) is 273 Å². The number of fused-ring (bicyclic) bond motifs is 14. The average molecular weight is 1220 g/mol. The SMILES string of the molecule is C=C(N=C(N=C(C)n1c2ccccc2c2ccc3c4ccccc4n(-c4ccc(-c5ccccc5-c5cccc(-n6c7ccccc7c7ccc8c9ccccc9n(-c9nc(-c%10ccccc%10)nc(-c%10ccccc%10)n9)c8c76)c5)cc4)c3c21)c1ccccc1)c1ccccc1. The molecule has 0 atom stereocenters. The molecule has 5 aromatic heterocycles. The van der Waals surface area contributed by atoms with Gasteiger partial charge in [-0.25, -0.2) is 15.0 Å². The van der Waals surface area contributed by atoms with Crippen molar-refractivity contribution in [2.75, 3.05) is 0 Å². The van der Waals surface area contributed by atoms with Crippen molar-refractivity contribution in [2.24, 2.45) is 9.98 Å². The molecule has 0 saturated carbocycles. The molecule has 0 radical (unpaired) electrons. The van der Waals surface area contributed by atoms with E-state index in [1.807, 2.05) is 84.9 Å². The number of aromatic nitrogens is 7. The van der Waals surface area contributed by atoms with Gasteiger partial charge in [0.25, 0.3) is 0 Å². The molecule has 18 rings (SSSR count). The maximum Gasteiger partial charge on any atom is 0.238 e. The van der Waals surface area contributed by atoms with E-state index in [2.05, 4.69) is 262 Å². The molecule has 0 aliphatic heterocycles. The Labute approximate surface area is 547 Å². The lowest BCUT2D eigenvalue weighted by Gasteiger charge is -2.16. The minimum absolute atomic E-state index is 0.544. The Morgan fingerprint density at radius 3 is 1.27 bits per heavy atom. The topological polar surface area (TPSA) is 83.1 Å². The molecule has 13 aromatic carbocycles. The molecule has 0 unspecified atom stereocenters. The number of amidine groups is 1. The van der Waals surface area contributed by atoms with E-state index in [1.165, 1.54) is 5.39 Å². The molecule has 9 nitrogen and oxygen atoms in total. The van der Waals surface area contributed by atoms with Crippen LogP contribution in [0.1, 0.15) is 18.1 Å². The number of aliphatic imine (C=N–C) groups is 2. The molecule has 5 heterocycles. The highest BCUT2D eigenvalue weighted by Gasteiger charge is 2.26. The molecule has 0 N–H and O–H groups in total. The Hall–Kier alpha value is -12.9. The standard InChI is InChI=1S/C86H57N9/c1-55(57-26-7-3-8-27-57)87-83(59-28-9-4-10-29-59)88-56(2)92-75-42-21-17-38-67(75)71-50-51-72-68-39-18-22-43-76(68)93(80(72)79(71)92)63-48-46-58(47-49-63)65-36-15-16-37-66(65)62-34-25-35-64(54-62)94-77-44-23-19-40-69(77)73-52-53-74-70-41-20-24-45-78(70)95(82(74)81(73)94)86-90-84(60-30-11-5-12-31-60)89-85(91-86)61-32-13-6-14-33-61/h3-54H,1H2,2H3. The summed E-state index contributed by atoms with van der Waals surface area (Å²) in [5, 5.41) is 9.09. The van der Waals surface area contributed by atoms with E-state index in [9.17, 15) is 0 Å². The lowest BCUT2D eigenvalue weighted by molar-refractivity contribution is 0.953. The van der Waals surface area contributed by atoms with Crippen molar-refractivity contribution >= 4 is 105 Å². The molecular weight excluding hydrogens is 1160 g/mol. The summed E-state index contributed by atoms with van der Waals surface area (Å²) in [4.78, 5) is 26.4. The van der Waals surface area contributed by atoms with Crippen molar-refractivity contribution < 1.29 is 0 Å². The molecule has 0 bridgehead atoms. The predicted octanol–water partition coefficient (Wildman–Crippen LogP) is 21.3. The number of rotatable bonds is 10. The lowest BCUT2D eigenvalue weighted by atomic mass is 9.94. The van der Waals surface area contributed by atoms with Gasteiger partial charge in [-0.3, -0.25) is 9.13 Å². The molecule has 0 spiro atoms. The van der Waals surface area contributed by atoms with Crippen molar-refractivity contribution in [3.05, 3.63) is 333 Å². The maximum absolute atomic E-state index is 5.45. The van der Waals surface area contributed by atoms with Crippen LogP contribution in [0.2, 0.25) is 0 Å². The van der Waals surface area contributed by atoms with Crippen molar-refractivity contribution in [1.29, 1.82) is 0 Å². The van der Waals surface area contributed by atoms with Crippen molar-refractivity contribution in [1.82, 2.24) is 33.2 Å². The van der Waals surface area contributed by atoms with Crippen LogP contribution >= 0.6 is 0 Å². The van der Waals surface area contributed by atoms with E-state index in [-0.39, 0.29) is 0 Å². The first-order chi connectivity index (χ1) is 47.0. The third kappa shape index (κ3) is 9.12. The van der Waals surface area contributed by atoms with Gasteiger partial charge in [-0.05, 0) is 83.3 Å². The minimum Gasteiger partial charge on any atom is -0.307 e. The summed E-state index contributed by atoms with van der Waals surface area (Å²) in [5.41, 5.74) is 19.3. The van der Waals surface area contributed by atoms with Gasteiger partial charge in [0.15, 0.2) is 17.5 Å². The summed E-state index contributed by atoms with van der Waals surface area (Å²) in [6.07, 6.45) is 0. The van der Waals surface area contributed by atoms with E-state index < -0.39 is 0 Å². The second kappa shape index (κ2) is 22.5. The highest BCUT2D eigenvalue weighted by Crippen LogP contribution is 2.45. The van der Waals surface area contributed by atoms with Crippen molar-refractivity contribution in [3.8, 4) is 62.4 Å². The predicted molar refractivity (Wildman–Crippen MR) is 395 cm³/mol. The summed E-state index contributed by atoms with van der Waals surface area (Å²) in [6.45, 7) is 6.51.